The minimum Gasteiger partial charge on any atom is -0.309 e. The maximum Gasteiger partial charge on any atom is 0.181 e. The Balaban J connectivity index is 1.37. The van der Waals surface area contributed by atoms with Gasteiger partial charge in [-0.3, -0.25) is 0 Å². The molecule has 1 nitrogen and oxygen atoms in total. The molecule has 0 amide bonds. The third-order valence-corrected chi connectivity index (χ3v) is 23.5. The molecule has 1 aromatic heterocycles. The summed E-state index contributed by atoms with van der Waals surface area (Å²) >= 11 is 1.94. The van der Waals surface area contributed by atoms with Crippen molar-refractivity contribution in [1.82, 2.24) is 4.57 Å². The van der Waals surface area contributed by atoms with E-state index in [4.69, 9.17) is 0 Å². The second-order valence-corrected chi connectivity index (χ2v) is 22.4. The number of hydrogen-bond acceptors (Lipinski definition) is 1. The molecule has 0 radical (unpaired) electrons. The maximum atomic E-state index is 2.63. The van der Waals surface area contributed by atoms with Crippen molar-refractivity contribution in [1.29, 1.82) is 0 Å². The number of benzene rings is 8. The number of nitrogens with zero attached hydrogens (tertiary/aromatic N) is 1. The fraction of sp³-hybridized carbons (Fsp3) is 0. The van der Waals surface area contributed by atoms with Crippen LogP contribution in [-0.2, 0) is 0 Å². The van der Waals surface area contributed by atoms with Gasteiger partial charge in [0.1, 0.15) is 0 Å². The Morgan fingerprint density at radius 2 is 0.750 bits per heavy atom. The van der Waals surface area contributed by atoms with E-state index in [1.54, 1.807) is 0 Å². The monoisotopic (exact) mass is 711 g/mol. The molecule has 0 saturated heterocycles. The van der Waals surface area contributed by atoms with Crippen LogP contribution in [0.1, 0.15) is 0 Å². The molecule has 4 heteroatoms. The summed E-state index contributed by atoms with van der Waals surface area (Å²) in [6, 6.07) is 76.5. The molecule has 2 aliphatic rings. The summed E-state index contributed by atoms with van der Waals surface area (Å²) in [6.45, 7) is 0. The van der Waals surface area contributed by atoms with Gasteiger partial charge in [-0.2, -0.15) is 0 Å². The molecule has 244 valence electrons. The fourth-order valence-electron chi connectivity index (χ4n) is 9.68. The van der Waals surface area contributed by atoms with Crippen LogP contribution < -0.4 is 41.5 Å². The lowest BCUT2D eigenvalue weighted by atomic mass is 10.2. The van der Waals surface area contributed by atoms with Crippen LogP contribution in [0, 0.1) is 0 Å². The highest BCUT2D eigenvalue weighted by atomic mass is 32.2. The van der Waals surface area contributed by atoms with Crippen molar-refractivity contribution in [2.75, 3.05) is 0 Å². The number of hydrogen-bond donors (Lipinski definition) is 0. The molecule has 8 aromatic carbocycles. The lowest BCUT2D eigenvalue weighted by Crippen LogP contribution is -2.93. The van der Waals surface area contributed by atoms with Crippen LogP contribution in [0.5, 0.6) is 0 Å². The second kappa shape index (κ2) is 11.4. The van der Waals surface area contributed by atoms with Gasteiger partial charge >= 0.3 is 0 Å². The van der Waals surface area contributed by atoms with Crippen molar-refractivity contribution in [3.63, 3.8) is 0 Å². The van der Waals surface area contributed by atoms with E-state index in [-0.39, 0.29) is 0 Å². The highest BCUT2D eigenvalue weighted by molar-refractivity contribution is 8.00. The molecule has 0 aliphatic carbocycles. The zero-order chi connectivity index (χ0) is 34.3. The third-order valence-electron chi connectivity index (χ3n) is 11.6. The van der Waals surface area contributed by atoms with Crippen LogP contribution in [0.3, 0.4) is 0 Å². The van der Waals surface area contributed by atoms with Crippen LogP contribution in [0.25, 0.3) is 27.5 Å². The SMILES string of the molecule is c1ccc([Si]2(c3ccccc3)c3ccccc3[Si]3(c4ccccc4Sc4ccccc43)c3cc(-n4c5ccccc5c5ccccc54)ccc32)cc1. The minimum absolute atomic E-state index is 1.22. The Hall–Kier alpha value is -5.66. The molecule has 0 atom stereocenters. The van der Waals surface area contributed by atoms with E-state index in [0.29, 0.717) is 0 Å². The van der Waals surface area contributed by atoms with Crippen LogP contribution >= 0.6 is 11.8 Å². The predicted molar refractivity (Wildman–Crippen MR) is 226 cm³/mol. The Kier molecular flexibility index (Phi) is 6.59. The van der Waals surface area contributed by atoms with Gasteiger partial charge < -0.3 is 4.57 Å². The Labute approximate surface area is 309 Å². The molecule has 0 bridgehead atoms. The van der Waals surface area contributed by atoms with Crippen LogP contribution in [0.2, 0.25) is 0 Å². The zero-order valence-electron chi connectivity index (χ0n) is 28.4. The van der Waals surface area contributed by atoms with Crippen molar-refractivity contribution in [2.45, 2.75) is 9.79 Å². The van der Waals surface area contributed by atoms with Crippen molar-refractivity contribution in [2.24, 2.45) is 0 Å². The number of para-hydroxylation sites is 2. The Bertz CT molecular complexity index is 2700. The van der Waals surface area contributed by atoms with Crippen LogP contribution in [-0.4, -0.2) is 20.7 Å². The van der Waals surface area contributed by atoms with Crippen molar-refractivity contribution in [3.8, 4) is 5.69 Å². The largest absolute Gasteiger partial charge is 0.309 e. The third kappa shape index (κ3) is 3.89. The highest BCUT2D eigenvalue weighted by Crippen LogP contribution is 2.35. The minimum atomic E-state index is -2.89. The van der Waals surface area contributed by atoms with E-state index in [2.05, 4.69) is 205 Å². The number of fused-ring (bicyclic) bond motifs is 11. The number of rotatable bonds is 3. The van der Waals surface area contributed by atoms with E-state index in [9.17, 15) is 0 Å². The van der Waals surface area contributed by atoms with Gasteiger partial charge in [0.15, 0.2) is 16.1 Å². The molecular weight excluding hydrogens is 679 g/mol. The average molecular weight is 712 g/mol. The second-order valence-electron chi connectivity index (χ2n) is 14.0. The standard InChI is InChI=1S/C48H33NSSi2/c1-3-17-35(18-4-1)51(36-19-5-2-6-20-36)45-29-15-16-30-46(45)52(43-27-13-11-25-41(43)50-42-26-12-14-28-44(42)52)48-33-34(31-32-47(48)51)49-39-23-9-7-21-37(39)38-22-8-10-24-40(38)49/h1-33H. The van der Waals surface area contributed by atoms with Gasteiger partial charge in [-0.05, 0) is 77.9 Å². The molecule has 3 heterocycles. The zero-order valence-corrected chi connectivity index (χ0v) is 31.2. The lowest BCUT2D eigenvalue weighted by molar-refractivity contribution is 1.18. The van der Waals surface area contributed by atoms with E-state index < -0.39 is 16.1 Å². The molecule has 0 unspecified atom stereocenters. The van der Waals surface area contributed by atoms with E-state index >= 15 is 0 Å². The van der Waals surface area contributed by atoms with Gasteiger partial charge in [-0.25, -0.2) is 0 Å². The van der Waals surface area contributed by atoms with E-state index in [0.717, 1.165) is 0 Å². The molecule has 0 saturated carbocycles. The summed E-state index contributed by atoms with van der Waals surface area (Å²) in [5, 5.41) is 14.5. The summed E-state index contributed by atoms with van der Waals surface area (Å²) in [7, 11) is -5.71. The topological polar surface area (TPSA) is 4.93 Å². The molecule has 9 aromatic rings. The van der Waals surface area contributed by atoms with E-state index in [1.807, 2.05) is 11.8 Å². The highest BCUT2D eigenvalue weighted by Gasteiger charge is 2.58. The van der Waals surface area contributed by atoms with Gasteiger partial charge in [0.05, 0.1) is 11.0 Å². The normalized spacial score (nSPS) is 14.8. The first kappa shape index (κ1) is 30.0. The average Bonchev–Trinajstić information content (AvgIpc) is 3.56. The van der Waals surface area contributed by atoms with Gasteiger partial charge in [0.2, 0.25) is 0 Å². The smallest absolute Gasteiger partial charge is 0.181 e. The number of aromatic nitrogens is 1. The van der Waals surface area contributed by atoms with Crippen molar-refractivity contribution < 1.29 is 0 Å². The van der Waals surface area contributed by atoms with Gasteiger partial charge in [0, 0.05) is 26.3 Å². The van der Waals surface area contributed by atoms with Crippen LogP contribution in [0.4, 0.5) is 0 Å². The summed E-state index contributed by atoms with van der Waals surface area (Å²) in [5.74, 6) is 0. The first-order chi connectivity index (χ1) is 25.8. The summed E-state index contributed by atoms with van der Waals surface area (Å²) < 4.78 is 2.51. The van der Waals surface area contributed by atoms with Gasteiger partial charge in [-0.1, -0.05) is 176 Å². The van der Waals surface area contributed by atoms with Crippen molar-refractivity contribution >= 4 is 91.2 Å². The van der Waals surface area contributed by atoms with Crippen LogP contribution in [0.15, 0.2) is 210 Å². The summed E-state index contributed by atoms with van der Waals surface area (Å²) in [4.78, 5) is 2.76. The summed E-state index contributed by atoms with van der Waals surface area (Å²) in [5.41, 5.74) is 3.70. The lowest BCUT2D eigenvalue weighted by Gasteiger charge is -2.50. The van der Waals surface area contributed by atoms with Crippen molar-refractivity contribution in [3.05, 3.63) is 200 Å². The Morgan fingerprint density at radius 3 is 1.31 bits per heavy atom. The Morgan fingerprint density at radius 1 is 0.327 bits per heavy atom. The molecule has 2 aliphatic heterocycles. The first-order valence-corrected chi connectivity index (χ1v) is 22.8. The fourth-order valence-corrected chi connectivity index (χ4v) is 24.0. The quantitative estimate of drug-likeness (QED) is 0.195. The van der Waals surface area contributed by atoms with Gasteiger partial charge in [-0.15, -0.1) is 0 Å². The predicted octanol–water partition coefficient (Wildman–Crippen LogP) is 6.32. The first-order valence-electron chi connectivity index (χ1n) is 18.0. The van der Waals surface area contributed by atoms with E-state index in [1.165, 1.54) is 78.8 Å². The molecule has 1 spiro atoms. The van der Waals surface area contributed by atoms with Gasteiger partial charge in [0.25, 0.3) is 0 Å². The molecule has 11 rings (SSSR count). The molecule has 52 heavy (non-hydrogen) atoms. The molecular formula is C48H33NSSi2. The maximum absolute atomic E-state index is 2.89. The summed E-state index contributed by atoms with van der Waals surface area (Å²) in [6.07, 6.45) is 0. The molecule has 0 N–H and O–H groups in total. The molecule has 0 fully saturated rings.